The van der Waals surface area contributed by atoms with Gasteiger partial charge in [0.25, 0.3) is 11.5 Å². The van der Waals surface area contributed by atoms with E-state index >= 15 is 0 Å². The van der Waals surface area contributed by atoms with Gasteiger partial charge in [-0.2, -0.15) is 5.10 Å². The molecule has 0 fully saturated rings. The van der Waals surface area contributed by atoms with E-state index in [1.54, 1.807) is 32.0 Å². The van der Waals surface area contributed by atoms with Crippen molar-refractivity contribution in [3.05, 3.63) is 62.6 Å². The first-order valence-electron chi connectivity index (χ1n) is 7.46. The van der Waals surface area contributed by atoms with Crippen LogP contribution in [0.1, 0.15) is 37.5 Å². The Morgan fingerprint density at radius 1 is 1.29 bits per heavy atom. The maximum absolute atomic E-state index is 12.3. The lowest BCUT2D eigenvalue weighted by Gasteiger charge is -2.10. The predicted molar refractivity (Wildman–Crippen MR) is 88.4 cm³/mol. The number of hydrogen-bond acceptors (Lipinski definition) is 4. The first kappa shape index (κ1) is 17.4. The van der Waals surface area contributed by atoms with E-state index < -0.39 is 17.4 Å². The lowest BCUT2D eigenvalue weighted by molar-refractivity contribution is 0.0696. The number of aryl methyl sites for hydroxylation is 2. The van der Waals surface area contributed by atoms with Crippen LogP contribution >= 0.6 is 0 Å². The van der Waals surface area contributed by atoms with Gasteiger partial charge in [0.1, 0.15) is 5.56 Å². The Bertz CT molecular complexity index is 855. The van der Waals surface area contributed by atoms with Gasteiger partial charge in [-0.3, -0.25) is 9.59 Å². The van der Waals surface area contributed by atoms with Gasteiger partial charge in [0.2, 0.25) is 0 Å². The number of aromatic nitrogens is 2. The molecule has 0 saturated heterocycles. The van der Waals surface area contributed by atoms with Gasteiger partial charge in [0, 0.05) is 13.6 Å². The van der Waals surface area contributed by atoms with E-state index in [0.29, 0.717) is 24.2 Å². The number of benzene rings is 1. The summed E-state index contributed by atoms with van der Waals surface area (Å²) in [6.07, 6.45) is 0.469. The molecular weight excluding hydrogens is 310 g/mol. The van der Waals surface area contributed by atoms with Crippen molar-refractivity contribution in [2.24, 2.45) is 7.05 Å². The number of carboxylic acids is 1. The number of rotatable bonds is 5. The van der Waals surface area contributed by atoms with Gasteiger partial charge in [0.05, 0.1) is 11.3 Å². The average Bonchev–Trinajstić information content (AvgIpc) is 2.53. The molecule has 0 aliphatic carbocycles. The zero-order valence-electron chi connectivity index (χ0n) is 13.8. The van der Waals surface area contributed by atoms with Crippen LogP contribution in [0.3, 0.4) is 0 Å². The molecule has 0 unspecified atom stereocenters. The van der Waals surface area contributed by atoms with Gasteiger partial charge >= 0.3 is 5.97 Å². The molecule has 0 radical (unpaired) electrons. The van der Waals surface area contributed by atoms with Crippen molar-refractivity contribution in [3.63, 3.8) is 0 Å². The van der Waals surface area contributed by atoms with Crippen LogP contribution in [0.15, 0.2) is 29.1 Å². The average molecular weight is 329 g/mol. The van der Waals surface area contributed by atoms with E-state index in [9.17, 15) is 14.4 Å². The molecule has 126 valence electrons. The fourth-order valence-electron chi connectivity index (χ4n) is 2.38. The van der Waals surface area contributed by atoms with E-state index in [1.807, 2.05) is 0 Å². The van der Waals surface area contributed by atoms with E-state index in [4.69, 9.17) is 5.11 Å². The smallest absolute Gasteiger partial charge is 0.335 e. The van der Waals surface area contributed by atoms with Gasteiger partial charge in [-0.25, -0.2) is 9.48 Å². The molecule has 2 aromatic rings. The molecule has 0 saturated carbocycles. The number of nitrogens with one attached hydrogen (secondary N) is 1. The highest BCUT2D eigenvalue weighted by molar-refractivity contribution is 5.95. The molecule has 2 N–H and O–H groups in total. The third kappa shape index (κ3) is 3.68. The molecule has 7 heteroatoms. The summed E-state index contributed by atoms with van der Waals surface area (Å²) in [5.41, 5.74) is 1.83. The minimum Gasteiger partial charge on any atom is -0.478 e. The van der Waals surface area contributed by atoms with Crippen LogP contribution in [0.2, 0.25) is 0 Å². The molecule has 0 spiro atoms. The molecule has 1 aromatic carbocycles. The van der Waals surface area contributed by atoms with Crippen LogP contribution in [0, 0.1) is 13.8 Å². The minimum absolute atomic E-state index is 0.0873. The van der Waals surface area contributed by atoms with Crippen molar-refractivity contribution in [1.82, 2.24) is 15.1 Å². The van der Waals surface area contributed by atoms with Gasteiger partial charge in [-0.15, -0.1) is 0 Å². The molecule has 1 aromatic heterocycles. The van der Waals surface area contributed by atoms with Crippen LogP contribution in [0.25, 0.3) is 0 Å². The second-order valence-corrected chi connectivity index (χ2v) is 5.53. The normalized spacial score (nSPS) is 10.5. The maximum atomic E-state index is 12.3. The van der Waals surface area contributed by atoms with Crippen molar-refractivity contribution >= 4 is 11.9 Å². The Morgan fingerprint density at radius 3 is 2.67 bits per heavy atom. The Morgan fingerprint density at radius 2 is 2.00 bits per heavy atom. The zero-order valence-corrected chi connectivity index (χ0v) is 13.8. The number of carboxylic acid groups (broad SMARTS) is 1. The summed E-state index contributed by atoms with van der Waals surface area (Å²) in [7, 11) is 1.50. The molecule has 1 heterocycles. The van der Waals surface area contributed by atoms with Crippen molar-refractivity contribution < 1.29 is 14.7 Å². The lowest BCUT2D eigenvalue weighted by atomic mass is 10.1. The van der Waals surface area contributed by atoms with Crippen LogP contribution in [-0.4, -0.2) is 33.3 Å². The fourth-order valence-corrected chi connectivity index (χ4v) is 2.38. The summed E-state index contributed by atoms with van der Waals surface area (Å²) >= 11 is 0. The van der Waals surface area contributed by atoms with Crippen LogP contribution in [0.5, 0.6) is 0 Å². The van der Waals surface area contributed by atoms with E-state index in [2.05, 4.69) is 10.4 Å². The zero-order chi connectivity index (χ0) is 17.9. The number of carbonyl (C=O) groups is 2. The first-order valence-corrected chi connectivity index (χ1v) is 7.46. The monoisotopic (exact) mass is 329 g/mol. The number of nitrogens with zero attached hydrogens (tertiary/aromatic N) is 2. The molecule has 7 nitrogen and oxygen atoms in total. The molecular formula is C17H19N3O4. The number of amides is 1. The molecule has 1 amide bonds. The van der Waals surface area contributed by atoms with Crippen LogP contribution in [0.4, 0.5) is 0 Å². The second-order valence-electron chi connectivity index (χ2n) is 5.53. The third-order valence-electron chi connectivity index (χ3n) is 3.83. The standard InChI is InChI=1S/C17H19N3O4/c1-10-11(2)19-20(3)16(22)14(10)15(21)18-8-7-12-5-4-6-13(9-12)17(23)24/h4-6,9H,7-8H2,1-3H3,(H,18,21)(H,23,24). The first-order chi connectivity index (χ1) is 11.3. The molecule has 0 atom stereocenters. The Labute approximate surface area is 138 Å². The third-order valence-corrected chi connectivity index (χ3v) is 3.83. The number of carbonyl (C=O) groups excluding carboxylic acids is 1. The SMILES string of the molecule is Cc1nn(C)c(=O)c(C(=O)NCCc2cccc(C(=O)O)c2)c1C. The van der Waals surface area contributed by atoms with Crippen molar-refractivity contribution in [3.8, 4) is 0 Å². The largest absolute Gasteiger partial charge is 0.478 e. The molecule has 2 rings (SSSR count). The van der Waals surface area contributed by atoms with Crippen molar-refractivity contribution in [2.45, 2.75) is 20.3 Å². The van der Waals surface area contributed by atoms with E-state index in [0.717, 1.165) is 10.2 Å². The lowest BCUT2D eigenvalue weighted by Crippen LogP contribution is -2.35. The topological polar surface area (TPSA) is 101 Å². The van der Waals surface area contributed by atoms with Crippen LogP contribution in [-0.2, 0) is 13.5 Å². The van der Waals surface area contributed by atoms with Gasteiger partial charge in [0.15, 0.2) is 0 Å². The summed E-state index contributed by atoms with van der Waals surface area (Å²) in [5.74, 6) is -1.44. The van der Waals surface area contributed by atoms with Gasteiger partial charge < -0.3 is 10.4 Å². The van der Waals surface area contributed by atoms with Crippen LogP contribution < -0.4 is 10.9 Å². The highest BCUT2D eigenvalue weighted by atomic mass is 16.4. The van der Waals surface area contributed by atoms with Gasteiger partial charge in [-0.1, -0.05) is 12.1 Å². The summed E-state index contributed by atoms with van der Waals surface area (Å²) < 4.78 is 1.15. The summed E-state index contributed by atoms with van der Waals surface area (Å²) in [4.78, 5) is 35.4. The fraction of sp³-hybridized carbons (Fsp3) is 0.294. The molecule has 0 bridgehead atoms. The maximum Gasteiger partial charge on any atom is 0.335 e. The summed E-state index contributed by atoms with van der Waals surface area (Å²) in [5, 5.41) is 15.7. The highest BCUT2D eigenvalue weighted by Crippen LogP contribution is 2.07. The number of aromatic carboxylic acids is 1. The molecule has 0 aliphatic rings. The van der Waals surface area contributed by atoms with Gasteiger partial charge in [-0.05, 0) is 43.5 Å². The summed E-state index contributed by atoms with van der Waals surface area (Å²) in [6.45, 7) is 3.73. The second kappa shape index (κ2) is 7.08. The molecule has 0 aliphatic heterocycles. The van der Waals surface area contributed by atoms with Crippen molar-refractivity contribution in [1.29, 1.82) is 0 Å². The predicted octanol–water partition coefficient (Wildman–Crippen LogP) is 1.07. The quantitative estimate of drug-likeness (QED) is 0.854. The van der Waals surface area contributed by atoms with E-state index in [1.165, 1.54) is 13.1 Å². The Kier molecular flexibility index (Phi) is 5.13. The van der Waals surface area contributed by atoms with Crippen molar-refractivity contribution in [2.75, 3.05) is 6.54 Å². The highest BCUT2D eigenvalue weighted by Gasteiger charge is 2.17. The molecule has 24 heavy (non-hydrogen) atoms. The minimum atomic E-state index is -0.993. The number of hydrogen-bond donors (Lipinski definition) is 2. The Hall–Kier alpha value is -2.96. The summed E-state index contributed by atoms with van der Waals surface area (Å²) in [6, 6.07) is 6.53. The van der Waals surface area contributed by atoms with E-state index in [-0.39, 0.29) is 11.1 Å². The Balaban J connectivity index is 2.09.